The maximum absolute atomic E-state index is 13.6. The van der Waals surface area contributed by atoms with Crippen molar-refractivity contribution in [1.29, 1.82) is 0 Å². The van der Waals surface area contributed by atoms with E-state index in [2.05, 4.69) is 44.2 Å². The predicted octanol–water partition coefficient (Wildman–Crippen LogP) is 5.72. The van der Waals surface area contributed by atoms with Crippen LogP contribution in [-0.4, -0.2) is 53.3 Å². The monoisotopic (exact) mass is 471 g/mol. The molecule has 1 aliphatic rings. The minimum absolute atomic E-state index is 0.00162. The summed E-state index contributed by atoms with van der Waals surface area (Å²) in [7, 11) is 2.12. The van der Waals surface area contributed by atoms with Crippen LogP contribution in [0.2, 0.25) is 5.02 Å². The van der Waals surface area contributed by atoms with Gasteiger partial charge in [-0.2, -0.15) is 18.3 Å². The number of hydrogen-bond donors (Lipinski definition) is 1. The van der Waals surface area contributed by atoms with Gasteiger partial charge in [0, 0.05) is 48.4 Å². The van der Waals surface area contributed by atoms with Crippen LogP contribution in [0.15, 0.2) is 54.7 Å². The average Bonchev–Trinajstić information content (AvgIpc) is 3.22. The molecule has 5 rings (SSSR count). The molecule has 0 amide bonds. The van der Waals surface area contributed by atoms with E-state index in [1.54, 1.807) is 6.07 Å². The fourth-order valence-corrected chi connectivity index (χ4v) is 4.46. The van der Waals surface area contributed by atoms with Crippen LogP contribution >= 0.6 is 11.6 Å². The van der Waals surface area contributed by atoms with Gasteiger partial charge in [0.1, 0.15) is 5.69 Å². The molecule has 0 spiro atoms. The predicted molar refractivity (Wildman–Crippen MR) is 124 cm³/mol. The molecule has 0 bridgehead atoms. The van der Waals surface area contributed by atoms with Gasteiger partial charge in [0.05, 0.1) is 28.0 Å². The molecule has 1 fully saturated rings. The van der Waals surface area contributed by atoms with Gasteiger partial charge >= 0.3 is 6.18 Å². The number of H-pyrrole nitrogens is 1. The van der Waals surface area contributed by atoms with E-state index in [1.165, 1.54) is 18.3 Å². The summed E-state index contributed by atoms with van der Waals surface area (Å²) in [4.78, 5) is 8.87. The van der Waals surface area contributed by atoms with E-state index >= 15 is 0 Å². The molecule has 0 radical (unpaired) electrons. The molecular weight excluding hydrogens is 451 g/mol. The van der Waals surface area contributed by atoms with E-state index in [-0.39, 0.29) is 16.3 Å². The zero-order valence-electron chi connectivity index (χ0n) is 17.8. The molecule has 2 aromatic carbocycles. The fraction of sp³-hybridized carbons (Fsp3) is 0.250. The smallest absolute Gasteiger partial charge is 0.369 e. The Kier molecular flexibility index (Phi) is 5.50. The van der Waals surface area contributed by atoms with E-state index in [4.69, 9.17) is 11.6 Å². The number of rotatable bonds is 3. The number of benzene rings is 2. The van der Waals surface area contributed by atoms with Crippen molar-refractivity contribution in [2.45, 2.75) is 6.18 Å². The highest BCUT2D eigenvalue weighted by Gasteiger charge is 2.35. The lowest BCUT2D eigenvalue weighted by Crippen LogP contribution is -2.44. The van der Waals surface area contributed by atoms with Gasteiger partial charge in [-0.05, 0) is 37.4 Å². The highest BCUT2D eigenvalue weighted by Crippen LogP contribution is 2.41. The first kappa shape index (κ1) is 21.7. The Hall–Kier alpha value is -3.10. The molecule has 9 heteroatoms. The van der Waals surface area contributed by atoms with Crippen molar-refractivity contribution in [3.8, 4) is 22.5 Å². The number of nitrogens with zero attached hydrogens (tertiary/aromatic N) is 4. The van der Waals surface area contributed by atoms with Crippen molar-refractivity contribution in [2.24, 2.45) is 0 Å². The quantitative estimate of drug-likeness (QED) is 0.415. The van der Waals surface area contributed by atoms with Gasteiger partial charge in [-0.25, -0.2) is 0 Å². The van der Waals surface area contributed by atoms with Crippen molar-refractivity contribution < 1.29 is 13.2 Å². The third kappa shape index (κ3) is 4.16. The minimum atomic E-state index is -4.55. The highest BCUT2D eigenvalue weighted by atomic mass is 35.5. The Labute approximate surface area is 193 Å². The lowest BCUT2D eigenvalue weighted by molar-refractivity contribution is -0.137. The van der Waals surface area contributed by atoms with Crippen molar-refractivity contribution in [3.63, 3.8) is 0 Å². The number of anilines is 1. The molecule has 33 heavy (non-hydrogen) atoms. The zero-order chi connectivity index (χ0) is 23.2. The average molecular weight is 472 g/mol. The highest BCUT2D eigenvalue weighted by molar-refractivity contribution is 6.33. The zero-order valence-corrected chi connectivity index (χ0v) is 18.6. The maximum atomic E-state index is 13.6. The maximum Gasteiger partial charge on any atom is 0.417 e. The van der Waals surface area contributed by atoms with Crippen LogP contribution in [0.25, 0.3) is 33.4 Å². The standard InChI is InChI=1S/C24H21ClF3N5/c1-32-9-11-33(12-10-32)16-7-5-15(6-8-16)23-17-13-20(29-14-21(17)30-31-23)22-18(24(26,27)28)3-2-4-19(22)25/h2-8,13-14H,9-12H2,1H3,(H,30,31). The summed E-state index contributed by atoms with van der Waals surface area (Å²) in [5.41, 5.74) is 2.50. The number of aromatic nitrogens is 3. The van der Waals surface area contributed by atoms with Gasteiger partial charge in [-0.1, -0.05) is 29.8 Å². The van der Waals surface area contributed by atoms with Crippen LogP contribution in [0.1, 0.15) is 5.56 Å². The number of halogens is 4. The molecule has 1 N–H and O–H groups in total. The van der Waals surface area contributed by atoms with Gasteiger partial charge in [0.25, 0.3) is 0 Å². The lowest BCUT2D eigenvalue weighted by atomic mass is 10.0. The molecule has 5 nitrogen and oxygen atoms in total. The van der Waals surface area contributed by atoms with Crippen molar-refractivity contribution in [2.75, 3.05) is 38.1 Å². The Morgan fingerprint density at radius 2 is 1.73 bits per heavy atom. The third-order valence-corrected chi connectivity index (χ3v) is 6.35. The van der Waals surface area contributed by atoms with Gasteiger partial charge in [-0.3, -0.25) is 10.1 Å². The summed E-state index contributed by atoms with van der Waals surface area (Å²) >= 11 is 6.18. The summed E-state index contributed by atoms with van der Waals surface area (Å²) in [6, 6.07) is 13.4. The number of aromatic amines is 1. The second-order valence-corrected chi connectivity index (χ2v) is 8.59. The first-order valence-electron chi connectivity index (χ1n) is 10.6. The van der Waals surface area contributed by atoms with Crippen LogP contribution < -0.4 is 4.90 Å². The number of hydrogen-bond acceptors (Lipinski definition) is 4. The number of likely N-dealkylation sites (N-methyl/N-ethyl adjacent to an activating group) is 1. The van der Waals surface area contributed by atoms with E-state index < -0.39 is 11.7 Å². The van der Waals surface area contributed by atoms with E-state index in [0.29, 0.717) is 16.6 Å². The lowest BCUT2D eigenvalue weighted by Gasteiger charge is -2.34. The Morgan fingerprint density at radius 3 is 2.42 bits per heavy atom. The molecule has 170 valence electrons. The number of fused-ring (bicyclic) bond motifs is 1. The summed E-state index contributed by atoms with van der Waals surface area (Å²) < 4.78 is 40.8. The number of pyridine rings is 1. The largest absolute Gasteiger partial charge is 0.417 e. The third-order valence-electron chi connectivity index (χ3n) is 6.03. The topological polar surface area (TPSA) is 48.0 Å². The SMILES string of the molecule is CN1CCN(c2ccc(-c3n[nH]c4cnc(-c5c(Cl)cccc5C(F)(F)F)cc34)cc2)CC1. The molecule has 4 aromatic rings. The Balaban J connectivity index is 1.53. The molecular formula is C24H21ClF3N5. The van der Waals surface area contributed by atoms with Crippen LogP contribution in [0.5, 0.6) is 0 Å². The number of piperazine rings is 1. The van der Waals surface area contributed by atoms with E-state index in [0.717, 1.165) is 43.5 Å². The fourth-order valence-electron chi connectivity index (χ4n) is 4.19. The summed E-state index contributed by atoms with van der Waals surface area (Å²) in [6.07, 6.45) is -3.06. The number of nitrogens with one attached hydrogen (secondary N) is 1. The molecule has 0 saturated carbocycles. The Bertz CT molecular complexity index is 1290. The normalized spacial score (nSPS) is 15.4. The molecule has 1 aliphatic heterocycles. The van der Waals surface area contributed by atoms with E-state index in [9.17, 15) is 13.2 Å². The Morgan fingerprint density at radius 1 is 1.00 bits per heavy atom. The van der Waals surface area contributed by atoms with Gasteiger partial charge in [-0.15, -0.1) is 0 Å². The minimum Gasteiger partial charge on any atom is -0.369 e. The molecule has 1 saturated heterocycles. The molecule has 0 unspecified atom stereocenters. The second-order valence-electron chi connectivity index (χ2n) is 8.18. The second kappa shape index (κ2) is 8.35. The number of alkyl halides is 3. The van der Waals surface area contributed by atoms with Gasteiger partial charge in [0.15, 0.2) is 0 Å². The van der Waals surface area contributed by atoms with Crippen LogP contribution in [0, 0.1) is 0 Å². The first-order chi connectivity index (χ1) is 15.8. The summed E-state index contributed by atoms with van der Waals surface area (Å²) in [5, 5.41) is 8.01. The van der Waals surface area contributed by atoms with Crippen LogP contribution in [0.4, 0.5) is 18.9 Å². The molecule has 3 heterocycles. The van der Waals surface area contributed by atoms with Crippen molar-refractivity contribution >= 4 is 28.2 Å². The first-order valence-corrected chi connectivity index (χ1v) is 10.9. The van der Waals surface area contributed by atoms with Crippen LogP contribution in [0.3, 0.4) is 0 Å². The van der Waals surface area contributed by atoms with Gasteiger partial charge in [0.2, 0.25) is 0 Å². The van der Waals surface area contributed by atoms with Crippen LogP contribution in [-0.2, 0) is 6.18 Å². The van der Waals surface area contributed by atoms with Gasteiger partial charge < -0.3 is 9.80 Å². The van der Waals surface area contributed by atoms with Crippen molar-refractivity contribution in [1.82, 2.24) is 20.1 Å². The van der Waals surface area contributed by atoms with E-state index in [1.807, 2.05) is 12.1 Å². The molecule has 0 aliphatic carbocycles. The van der Waals surface area contributed by atoms with Crippen molar-refractivity contribution in [3.05, 3.63) is 65.3 Å². The summed E-state index contributed by atoms with van der Waals surface area (Å²) in [6.45, 7) is 3.97. The molecule has 2 aromatic heterocycles. The molecule has 0 atom stereocenters. The summed E-state index contributed by atoms with van der Waals surface area (Å²) in [5.74, 6) is 0.